The number of ether oxygens (including phenoxy) is 3. The Morgan fingerprint density at radius 1 is 1.17 bits per heavy atom. The maximum Gasteiger partial charge on any atom is 0.573 e. The quantitative estimate of drug-likeness (QED) is 0.415. The zero-order chi connectivity index (χ0) is 25.9. The number of fused-ring (bicyclic) bond motifs is 1. The van der Waals surface area contributed by atoms with Gasteiger partial charge < -0.3 is 19.1 Å². The summed E-state index contributed by atoms with van der Waals surface area (Å²) in [5.74, 6) is 0.841. The van der Waals surface area contributed by atoms with Crippen molar-refractivity contribution in [3.05, 3.63) is 63.6 Å². The Balaban J connectivity index is 1.68. The van der Waals surface area contributed by atoms with Gasteiger partial charge in [0.15, 0.2) is 0 Å². The van der Waals surface area contributed by atoms with E-state index in [1.807, 2.05) is 13.0 Å². The summed E-state index contributed by atoms with van der Waals surface area (Å²) >= 11 is 1.07. The van der Waals surface area contributed by atoms with Crippen LogP contribution < -0.4 is 14.2 Å². The number of hydrogen-bond acceptors (Lipinski definition) is 7. The molecule has 7 nitrogen and oxygen atoms in total. The molecule has 2 aromatic carbocycles. The number of carbonyl (C=O) groups is 1. The Bertz CT molecular complexity index is 1180. The molecule has 0 spiro atoms. The molecule has 0 aromatic heterocycles. The fourth-order valence-electron chi connectivity index (χ4n) is 4.53. The van der Waals surface area contributed by atoms with Crippen molar-refractivity contribution in [3.8, 4) is 17.2 Å². The summed E-state index contributed by atoms with van der Waals surface area (Å²) in [6.07, 6.45) is -3.27. The molecule has 2 aliphatic heterocycles. The zero-order valence-electron chi connectivity index (χ0n) is 20.1. The fourth-order valence-corrected chi connectivity index (χ4v) is 5.14. The average Bonchev–Trinajstić information content (AvgIpc) is 2.85. The van der Waals surface area contributed by atoms with Crippen molar-refractivity contribution >= 4 is 17.9 Å². The maximum atomic E-state index is 13.7. The van der Waals surface area contributed by atoms with Crippen LogP contribution in [0.4, 0.5) is 13.2 Å². The van der Waals surface area contributed by atoms with Crippen LogP contribution in [0.2, 0.25) is 0 Å². The van der Waals surface area contributed by atoms with E-state index < -0.39 is 6.36 Å². The molecule has 0 bridgehead atoms. The number of hydrogen-bond donors (Lipinski definition) is 0. The molecule has 11 heteroatoms. The van der Waals surface area contributed by atoms with Crippen molar-refractivity contribution in [2.75, 3.05) is 27.3 Å². The summed E-state index contributed by atoms with van der Waals surface area (Å²) in [7, 11) is 3.15. The lowest BCUT2D eigenvalue weighted by molar-refractivity contribution is -0.274. The van der Waals surface area contributed by atoms with Crippen LogP contribution in [0, 0.1) is 0 Å². The number of methoxy groups -OCH3 is 2. The highest BCUT2D eigenvalue weighted by molar-refractivity contribution is 8.02. The van der Waals surface area contributed by atoms with E-state index in [2.05, 4.69) is 14.4 Å². The molecule has 192 valence electrons. The minimum absolute atomic E-state index is 0.140. The van der Waals surface area contributed by atoms with Crippen molar-refractivity contribution in [3.63, 3.8) is 0 Å². The number of amides is 1. The van der Waals surface area contributed by atoms with E-state index in [-0.39, 0.29) is 17.7 Å². The topological polar surface area (TPSA) is 72.7 Å². The van der Waals surface area contributed by atoms with Gasteiger partial charge in [0.2, 0.25) is 0 Å². The van der Waals surface area contributed by atoms with E-state index in [1.54, 1.807) is 31.3 Å². The second-order valence-electron chi connectivity index (χ2n) is 8.48. The molecule has 1 unspecified atom stereocenters. The summed E-state index contributed by atoms with van der Waals surface area (Å²) in [5.41, 5.74) is 3.40. The van der Waals surface area contributed by atoms with Gasteiger partial charge in [0, 0.05) is 30.1 Å². The predicted octanol–water partition coefficient (Wildman–Crippen LogP) is 6.05. The third-order valence-corrected chi connectivity index (χ3v) is 7.07. The van der Waals surface area contributed by atoms with E-state index in [9.17, 15) is 18.0 Å². The summed E-state index contributed by atoms with van der Waals surface area (Å²) in [6, 6.07) is 9.27. The Morgan fingerprint density at radius 2 is 1.97 bits per heavy atom. The van der Waals surface area contributed by atoms with Gasteiger partial charge >= 0.3 is 6.36 Å². The molecular formula is C25H26F3N3O4S. The van der Waals surface area contributed by atoms with Gasteiger partial charge in [-0.1, -0.05) is 12.1 Å². The Kier molecular flexibility index (Phi) is 7.77. The van der Waals surface area contributed by atoms with Gasteiger partial charge in [-0.2, -0.15) is 5.11 Å². The monoisotopic (exact) mass is 521 g/mol. The molecule has 0 radical (unpaired) electrons. The lowest BCUT2D eigenvalue weighted by Gasteiger charge is -2.39. The molecule has 0 N–H and O–H groups in total. The average molecular weight is 522 g/mol. The Labute approximate surface area is 211 Å². The predicted molar refractivity (Wildman–Crippen MR) is 129 cm³/mol. The molecule has 0 fully saturated rings. The maximum absolute atomic E-state index is 13.7. The number of aryl methyl sites for hydroxylation is 1. The van der Waals surface area contributed by atoms with Crippen LogP contribution in [0.15, 0.2) is 56.5 Å². The van der Waals surface area contributed by atoms with E-state index in [1.165, 1.54) is 18.2 Å². The Hall–Kier alpha value is -3.21. The van der Waals surface area contributed by atoms with Crippen molar-refractivity contribution in [1.82, 2.24) is 4.90 Å². The SMILES string of the molecule is COc1cc2c(c(OC)c1)C(CCc1cccc(OC(F)(F)F)c1)N(C(=O)C1=C(C)CN=NS1)CC2. The Morgan fingerprint density at radius 3 is 2.67 bits per heavy atom. The number of halogens is 3. The number of nitrogens with zero attached hydrogens (tertiary/aromatic N) is 3. The summed E-state index contributed by atoms with van der Waals surface area (Å²) in [6.45, 7) is 2.71. The van der Waals surface area contributed by atoms with Crippen LogP contribution in [0.1, 0.15) is 36.1 Å². The molecule has 0 saturated carbocycles. The first-order valence-electron chi connectivity index (χ1n) is 11.3. The van der Waals surface area contributed by atoms with Crippen molar-refractivity contribution in [1.29, 1.82) is 0 Å². The second-order valence-corrected chi connectivity index (χ2v) is 9.24. The third kappa shape index (κ3) is 5.77. The molecular weight excluding hydrogens is 495 g/mol. The van der Waals surface area contributed by atoms with Crippen molar-refractivity contribution < 1.29 is 32.2 Å². The number of carbonyl (C=O) groups excluding carboxylic acids is 1. The highest BCUT2D eigenvalue weighted by Crippen LogP contribution is 2.43. The van der Waals surface area contributed by atoms with Gasteiger partial charge in [0.1, 0.15) is 17.2 Å². The smallest absolute Gasteiger partial charge is 0.497 e. The first-order valence-corrected chi connectivity index (χ1v) is 12.1. The van der Waals surface area contributed by atoms with Gasteiger partial charge in [0.05, 0.1) is 31.7 Å². The van der Waals surface area contributed by atoms with E-state index in [0.29, 0.717) is 54.3 Å². The fraction of sp³-hybridized carbons (Fsp3) is 0.400. The van der Waals surface area contributed by atoms with Crippen LogP contribution in [0.25, 0.3) is 0 Å². The van der Waals surface area contributed by atoms with Gasteiger partial charge in [-0.15, -0.1) is 17.7 Å². The molecule has 1 amide bonds. The number of alkyl halides is 3. The number of rotatable bonds is 7. The largest absolute Gasteiger partial charge is 0.573 e. The standard InChI is InChI=1S/C25H26F3N3O4S/c1-15-14-29-30-36-23(15)24(32)31-10-9-17-12-19(33-2)13-21(34-3)22(17)20(31)8-7-16-5-4-6-18(11-16)35-25(26,27)28/h4-6,11-13,20H,7-10,14H2,1-3H3. The first-order chi connectivity index (χ1) is 17.2. The minimum Gasteiger partial charge on any atom is -0.497 e. The van der Waals surface area contributed by atoms with Crippen LogP contribution >= 0.6 is 11.9 Å². The first kappa shape index (κ1) is 25.9. The molecule has 2 aromatic rings. The zero-order valence-corrected chi connectivity index (χ0v) is 20.9. The lowest BCUT2D eigenvalue weighted by atomic mass is 9.87. The van der Waals surface area contributed by atoms with Gasteiger partial charge in [0.25, 0.3) is 5.91 Å². The van der Waals surface area contributed by atoms with Crippen molar-refractivity contribution in [2.45, 2.75) is 38.6 Å². The molecule has 0 aliphatic carbocycles. The summed E-state index contributed by atoms with van der Waals surface area (Å²) in [4.78, 5) is 16.0. The molecule has 4 rings (SSSR count). The third-order valence-electron chi connectivity index (χ3n) is 6.17. The van der Waals surface area contributed by atoms with Gasteiger partial charge in [-0.25, -0.2) is 0 Å². The van der Waals surface area contributed by atoms with Gasteiger partial charge in [-0.05, 0) is 61.1 Å². The molecule has 2 heterocycles. The number of benzene rings is 2. The van der Waals surface area contributed by atoms with Gasteiger partial charge in [-0.3, -0.25) is 4.79 Å². The lowest BCUT2D eigenvalue weighted by Crippen LogP contribution is -2.41. The van der Waals surface area contributed by atoms with Crippen LogP contribution in [0.5, 0.6) is 17.2 Å². The molecule has 1 atom stereocenters. The molecule has 36 heavy (non-hydrogen) atoms. The minimum atomic E-state index is -4.77. The highest BCUT2D eigenvalue weighted by atomic mass is 32.2. The summed E-state index contributed by atoms with van der Waals surface area (Å²) < 4.78 is 57.3. The molecule has 0 saturated heterocycles. The van der Waals surface area contributed by atoms with E-state index >= 15 is 0 Å². The van der Waals surface area contributed by atoms with Crippen LogP contribution in [-0.4, -0.2) is 44.5 Å². The molecule has 2 aliphatic rings. The van der Waals surface area contributed by atoms with E-state index in [4.69, 9.17) is 9.47 Å². The van der Waals surface area contributed by atoms with Crippen LogP contribution in [-0.2, 0) is 17.6 Å². The van der Waals surface area contributed by atoms with Crippen molar-refractivity contribution in [2.24, 2.45) is 9.63 Å². The second kappa shape index (κ2) is 10.8. The van der Waals surface area contributed by atoms with Crippen LogP contribution in [0.3, 0.4) is 0 Å². The normalized spacial score (nSPS) is 17.6. The highest BCUT2D eigenvalue weighted by Gasteiger charge is 2.36. The summed E-state index contributed by atoms with van der Waals surface area (Å²) in [5, 5.41) is 3.98. The van der Waals surface area contributed by atoms with E-state index in [0.717, 1.165) is 28.6 Å².